The summed E-state index contributed by atoms with van der Waals surface area (Å²) < 4.78 is 0. The first-order chi connectivity index (χ1) is 9.16. The van der Waals surface area contributed by atoms with Gasteiger partial charge in [-0.2, -0.15) is 0 Å². The van der Waals surface area contributed by atoms with Gasteiger partial charge in [-0.1, -0.05) is 36.9 Å². The minimum absolute atomic E-state index is 0.00376. The number of amides is 1. The summed E-state index contributed by atoms with van der Waals surface area (Å²) >= 11 is 6.03. The van der Waals surface area contributed by atoms with Crippen molar-refractivity contribution in [2.24, 2.45) is 0 Å². The standard InChI is InChI=1S/C15H21ClN2O/c1-11-13(16)8-5-9-14(11)18-15(19)10-17-12-6-3-2-4-7-12/h5,8-9,12,17H,2-4,6-7,10H2,1H3,(H,18,19). The van der Waals surface area contributed by atoms with Crippen LogP contribution in [0.1, 0.15) is 37.7 Å². The van der Waals surface area contributed by atoms with E-state index in [0.717, 1.165) is 11.3 Å². The Morgan fingerprint density at radius 3 is 2.79 bits per heavy atom. The molecule has 2 rings (SSSR count). The second-order valence-corrected chi connectivity index (χ2v) is 5.58. The van der Waals surface area contributed by atoms with E-state index in [1.807, 2.05) is 25.1 Å². The third-order valence-corrected chi connectivity index (χ3v) is 4.11. The van der Waals surface area contributed by atoms with Crippen LogP contribution >= 0.6 is 11.6 Å². The summed E-state index contributed by atoms with van der Waals surface area (Å²) in [6.07, 6.45) is 6.23. The molecule has 3 nitrogen and oxygen atoms in total. The number of benzene rings is 1. The highest BCUT2D eigenvalue weighted by Gasteiger charge is 2.14. The maximum absolute atomic E-state index is 11.9. The summed E-state index contributed by atoms with van der Waals surface area (Å²) in [5.74, 6) is -0.00376. The summed E-state index contributed by atoms with van der Waals surface area (Å²) in [5, 5.41) is 6.91. The molecule has 0 bridgehead atoms. The van der Waals surface area contributed by atoms with E-state index in [0.29, 0.717) is 17.6 Å². The maximum atomic E-state index is 11.9. The zero-order chi connectivity index (χ0) is 13.7. The lowest BCUT2D eigenvalue weighted by molar-refractivity contribution is -0.115. The monoisotopic (exact) mass is 280 g/mol. The largest absolute Gasteiger partial charge is 0.325 e. The minimum atomic E-state index is -0.00376. The number of carbonyl (C=O) groups excluding carboxylic acids is 1. The topological polar surface area (TPSA) is 41.1 Å². The molecule has 0 aliphatic heterocycles. The van der Waals surface area contributed by atoms with Crippen LogP contribution in [0, 0.1) is 6.92 Å². The predicted molar refractivity (Wildman–Crippen MR) is 79.7 cm³/mol. The van der Waals surface area contributed by atoms with Gasteiger partial charge in [0.2, 0.25) is 5.91 Å². The molecule has 19 heavy (non-hydrogen) atoms. The third-order valence-electron chi connectivity index (χ3n) is 3.70. The molecule has 0 spiro atoms. The first-order valence-electron chi connectivity index (χ1n) is 6.95. The number of hydrogen-bond donors (Lipinski definition) is 2. The summed E-state index contributed by atoms with van der Waals surface area (Å²) in [5.41, 5.74) is 1.71. The van der Waals surface area contributed by atoms with Gasteiger partial charge in [0.15, 0.2) is 0 Å². The van der Waals surface area contributed by atoms with Crippen LogP contribution in [-0.4, -0.2) is 18.5 Å². The molecule has 104 valence electrons. The molecule has 2 N–H and O–H groups in total. The van der Waals surface area contributed by atoms with Crippen molar-refractivity contribution >= 4 is 23.2 Å². The van der Waals surface area contributed by atoms with Crippen molar-refractivity contribution in [1.82, 2.24) is 5.32 Å². The fourth-order valence-electron chi connectivity index (χ4n) is 2.48. The van der Waals surface area contributed by atoms with Crippen LogP contribution in [0.2, 0.25) is 5.02 Å². The van der Waals surface area contributed by atoms with Gasteiger partial charge >= 0.3 is 0 Å². The third kappa shape index (κ3) is 4.22. The van der Waals surface area contributed by atoms with E-state index in [9.17, 15) is 4.79 Å². The van der Waals surface area contributed by atoms with Crippen LogP contribution in [-0.2, 0) is 4.79 Å². The van der Waals surface area contributed by atoms with Crippen molar-refractivity contribution in [3.63, 3.8) is 0 Å². The van der Waals surface area contributed by atoms with E-state index in [-0.39, 0.29) is 5.91 Å². The summed E-state index contributed by atoms with van der Waals surface area (Å²) in [4.78, 5) is 11.9. The molecule has 1 fully saturated rings. The van der Waals surface area contributed by atoms with Gasteiger partial charge in [-0.25, -0.2) is 0 Å². The van der Waals surface area contributed by atoms with Gasteiger partial charge in [0, 0.05) is 16.8 Å². The fourth-order valence-corrected chi connectivity index (χ4v) is 2.66. The van der Waals surface area contributed by atoms with Crippen molar-refractivity contribution < 1.29 is 4.79 Å². The second kappa shape index (κ2) is 6.92. The van der Waals surface area contributed by atoms with Crippen molar-refractivity contribution in [2.75, 3.05) is 11.9 Å². The lowest BCUT2D eigenvalue weighted by atomic mass is 9.95. The molecule has 0 atom stereocenters. The summed E-state index contributed by atoms with van der Waals surface area (Å²) in [6.45, 7) is 2.28. The van der Waals surface area contributed by atoms with Crippen molar-refractivity contribution in [3.05, 3.63) is 28.8 Å². The molecule has 0 unspecified atom stereocenters. The zero-order valence-electron chi connectivity index (χ0n) is 11.3. The first kappa shape index (κ1) is 14.4. The van der Waals surface area contributed by atoms with Gasteiger partial charge in [0.25, 0.3) is 0 Å². The Balaban J connectivity index is 1.82. The van der Waals surface area contributed by atoms with Gasteiger partial charge < -0.3 is 10.6 Å². The quantitative estimate of drug-likeness (QED) is 0.886. The minimum Gasteiger partial charge on any atom is -0.325 e. The zero-order valence-corrected chi connectivity index (χ0v) is 12.1. The number of carbonyl (C=O) groups is 1. The molecular weight excluding hydrogens is 260 g/mol. The van der Waals surface area contributed by atoms with Crippen LogP contribution in [0.25, 0.3) is 0 Å². The van der Waals surface area contributed by atoms with Crippen LogP contribution in [0.4, 0.5) is 5.69 Å². The highest BCUT2D eigenvalue weighted by molar-refractivity contribution is 6.31. The summed E-state index contributed by atoms with van der Waals surface area (Å²) in [7, 11) is 0. The van der Waals surface area contributed by atoms with Crippen LogP contribution in [0.15, 0.2) is 18.2 Å². The molecule has 1 aromatic rings. The molecule has 4 heteroatoms. The van der Waals surface area contributed by atoms with Crippen LogP contribution < -0.4 is 10.6 Å². The number of hydrogen-bond acceptors (Lipinski definition) is 2. The Hall–Kier alpha value is -1.06. The number of rotatable bonds is 4. The molecule has 1 aliphatic carbocycles. The molecule has 0 saturated heterocycles. The van der Waals surface area contributed by atoms with Crippen LogP contribution in [0.5, 0.6) is 0 Å². The number of anilines is 1. The van der Waals surface area contributed by atoms with E-state index in [2.05, 4.69) is 10.6 Å². The molecule has 0 radical (unpaired) electrons. The Morgan fingerprint density at radius 2 is 2.05 bits per heavy atom. The van der Waals surface area contributed by atoms with Gasteiger partial charge in [0.1, 0.15) is 0 Å². The maximum Gasteiger partial charge on any atom is 0.238 e. The molecule has 0 heterocycles. The molecule has 1 aliphatic rings. The Morgan fingerprint density at radius 1 is 1.32 bits per heavy atom. The van der Waals surface area contributed by atoms with E-state index in [1.54, 1.807) is 0 Å². The van der Waals surface area contributed by atoms with Gasteiger partial charge in [-0.05, 0) is 37.5 Å². The smallest absolute Gasteiger partial charge is 0.238 e. The predicted octanol–water partition coefficient (Wildman–Crippen LogP) is 3.51. The Labute approximate surface area is 119 Å². The van der Waals surface area contributed by atoms with Crippen molar-refractivity contribution in [1.29, 1.82) is 0 Å². The molecule has 0 aromatic heterocycles. The lowest BCUT2D eigenvalue weighted by Crippen LogP contribution is -2.37. The number of halogens is 1. The highest BCUT2D eigenvalue weighted by Crippen LogP contribution is 2.22. The number of nitrogens with one attached hydrogen (secondary N) is 2. The van der Waals surface area contributed by atoms with Crippen molar-refractivity contribution in [2.45, 2.75) is 45.1 Å². The SMILES string of the molecule is Cc1c(Cl)cccc1NC(=O)CNC1CCCCC1. The lowest BCUT2D eigenvalue weighted by Gasteiger charge is -2.22. The van der Waals surface area contributed by atoms with E-state index in [4.69, 9.17) is 11.6 Å². The molecule has 1 saturated carbocycles. The average molecular weight is 281 g/mol. The van der Waals surface area contributed by atoms with E-state index < -0.39 is 0 Å². The Bertz CT molecular complexity index is 442. The van der Waals surface area contributed by atoms with Gasteiger partial charge in [-0.3, -0.25) is 4.79 Å². The Kier molecular flexibility index (Phi) is 5.23. The van der Waals surface area contributed by atoms with Gasteiger partial charge in [0.05, 0.1) is 6.54 Å². The summed E-state index contributed by atoms with van der Waals surface area (Å²) in [6, 6.07) is 6.05. The van der Waals surface area contributed by atoms with Gasteiger partial charge in [-0.15, -0.1) is 0 Å². The first-order valence-corrected chi connectivity index (χ1v) is 7.33. The molecule has 1 amide bonds. The highest BCUT2D eigenvalue weighted by atomic mass is 35.5. The van der Waals surface area contributed by atoms with E-state index in [1.165, 1.54) is 32.1 Å². The normalized spacial score (nSPS) is 16.3. The van der Waals surface area contributed by atoms with Crippen LogP contribution in [0.3, 0.4) is 0 Å². The molecular formula is C15H21ClN2O. The van der Waals surface area contributed by atoms with E-state index >= 15 is 0 Å². The fraction of sp³-hybridized carbons (Fsp3) is 0.533. The van der Waals surface area contributed by atoms with Crippen molar-refractivity contribution in [3.8, 4) is 0 Å². The molecule has 1 aromatic carbocycles. The second-order valence-electron chi connectivity index (χ2n) is 5.18. The average Bonchev–Trinajstić information content (AvgIpc) is 2.43.